The van der Waals surface area contributed by atoms with Crippen molar-refractivity contribution >= 4 is 5.91 Å². The van der Waals surface area contributed by atoms with Gasteiger partial charge in [0, 0.05) is 6.20 Å². The summed E-state index contributed by atoms with van der Waals surface area (Å²) in [6.07, 6.45) is 2.15. The van der Waals surface area contributed by atoms with E-state index in [2.05, 4.69) is 4.98 Å². The summed E-state index contributed by atoms with van der Waals surface area (Å²) < 4.78 is 12.6. The van der Waals surface area contributed by atoms with Gasteiger partial charge < -0.3 is 0 Å². The van der Waals surface area contributed by atoms with Gasteiger partial charge in [-0.1, -0.05) is 0 Å². The van der Waals surface area contributed by atoms with Gasteiger partial charge in [0.25, 0.3) is 5.91 Å². The molecule has 11 heavy (non-hydrogen) atoms. The normalized spacial score (nSPS) is 9.27. The summed E-state index contributed by atoms with van der Waals surface area (Å²) >= 11 is 0. The van der Waals surface area contributed by atoms with Crippen molar-refractivity contribution in [2.45, 2.75) is 0 Å². The number of rotatable bonds is 1. The molecular formula is C6H5FN2O2. The van der Waals surface area contributed by atoms with Crippen LogP contribution in [-0.2, 0) is 0 Å². The van der Waals surface area contributed by atoms with E-state index in [0.29, 0.717) is 0 Å². The number of pyridine rings is 1. The summed E-state index contributed by atoms with van der Waals surface area (Å²) in [6, 6.07) is 1.17. The molecule has 0 unspecified atom stereocenters. The maximum Gasteiger partial charge on any atom is 0.277 e. The Morgan fingerprint density at radius 2 is 2.45 bits per heavy atom. The van der Waals surface area contributed by atoms with Crippen LogP contribution in [0.1, 0.15) is 10.4 Å². The van der Waals surface area contributed by atoms with Crippen molar-refractivity contribution in [2.24, 2.45) is 0 Å². The molecule has 1 amide bonds. The SMILES string of the molecule is O=C(NO)c1ccncc1F. The Bertz CT molecular complexity index is 277. The summed E-state index contributed by atoms with van der Waals surface area (Å²) in [5.74, 6) is -1.65. The number of amides is 1. The summed E-state index contributed by atoms with van der Waals surface area (Å²) in [6.45, 7) is 0. The van der Waals surface area contributed by atoms with E-state index in [4.69, 9.17) is 5.21 Å². The number of hydrogen-bond donors (Lipinski definition) is 2. The fourth-order valence-electron chi connectivity index (χ4n) is 0.620. The van der Waals surface area contributed by atoms with Gasteiger partial charge in [-0.15, -0.1) is 0 Å². The number of hydrogen-bond acceptors (Lipinski definition) is 3. The molecule has 58 valence electrons. The third-order valence-corrected chi connectivity index (χ3v) is 1.12. The molecule has 0 spiro atoms. The highest BCUT2D eigenvalue weighted by atomic mass is 19.1. The molecule has 0 bridgehead atoms. The molecular weight excluding hydrogens is 151 g/mol. The Morgan fingerprint density at radius 1 is 1.73 bits per heavy atom. The smallest absolute Gasteiger partial charge is 0.277 e. The third-order valence-electron chi connectivity index (χ3n) is 1.12. The van der Waals surface area contributed by atoms with E-state index < -0.39 is 11.7 Å². The highest BCUT2D eigenvalue weighted by Gasteiger charge is 2.08. The van der Waals surface area contributed by atoms with E-state index in [1.165, 1.54) is 17.7 Å². The van der Waals surface area contributed by atoms with E-state index in [9.17, 15) is 9.18 Å². The quantitative estimate of drug-likeness (QED) is 0.455. The monoisotopic (exact) mass is 156 g/mol. The third kappa shape index (κ3) is 1.50. The molecule has 0 aromatic carbocycles. The highest BCUT2D eigenvalue weighted by Crippen LogP contribution is 2.02. The zero-order valence-electron chi connectivity index (χ0n) is 5.41. The fraction of sp³-hybridized carbons (Fsp3) is 0. The Hall–Kier alpha value is -1.49. The largest absolute Gasteiger partial charge is 0.288 e. The van der Waals surface area contributed by atoms with Gasteiger partial charge in [0.15, 0.2) is 5.82 Å². The van der Waals surface area contributed by atoms with Crippen LogP contribution in [0.2, 0.25) is 0 Å². The van der Waals surface area contributed by atoms with Gasteiger partial charge in [-0.3, -0.25) is 15.0 Å². The number of hydroxylamine groups is 1. The van der Waals surface area contributed by atoms with Crippen LogP contribution in [0.4, 0.5) is 4.39 Å². The lowest BCUT2D eigenvalue weighted by Crippen LogP contribution is -2.19. The average molecular weight is 156 g/mol. The van der Waals surface area contributed by atoms with E-state index in [0.717, 1.165) is 6.20 Å². The summed E-state index contributed by atoms with van der Waals surface area (Å²) in [5, 5.41) is 8.13. The van der Waals surface area contributed by atoms with Gasteiger partial charge in [0.1, 0.15) is 0 Å². The molecule has 1 aromatic heterocycles. The predicted molar refractivity (Wildman–Crippen MR) is 33.4 cm³/mol. The molecule has 0 aliphatic carbocycles. The van der Waals surface area contributed by atoms with Gasteiger partial charge in [0.2, 0.25) is 0 Å². The standard InChI is InChI=1S/C6H5FN2O2/c7-5-3-8-2-1-4(5)6(10)9-11/h1-3,11H,(H,9,10). The lowest BCUT2D eigenvalue weighted by atomic mass is 10.2. The van der Waals surface area contributed by atoms with Crippen molar-refractivity contribution in [3.05, 3.63) is 29.8 Å². The molecule has 0 radical (unpaired) electrons. The van der Waals surface area contributed by atoms with E-state index in [-0.39, 0.29) is 5.56 Å². The van der Waals surface area contributed by atoms with Crippen molar-refractivity contribution in [2.75, 3.05) is 0 Å². The summed E-state index contributed by atoms with van der Waals surface area (Å²) in [5.41, 5.74) is 1.08. The van der Waals surface area contributed by atoms with Crippen LogP contribution in [0, 0.1) is 5.82 Å². The van der Waals surface area contributed by atoms with Gasteiger partial charge >= 0.3 is 0 Å². The molecule has 0 atom stereocenters. The zero-order chi connectivity index (χ0) is 8.27. The number of carbonyl (C=O) groups excluding carboxylic acids is 1. The van der Waals surface area contributed by atoms with Gasteiger partial charge in [-0.25, -0.2) is 9.87 Å². The molecule has 1 rings (SSSR count). The molecule has 5 heteroatoms. The number of nitrogens with zero attached hydrogens (tertiary/aromatic N) is 1. The first-order valence-corrected chi connectivity index (χ1v) is 2.79. The Labute approximate surface area is 61.6 Å². The maximum atomic E-state index is 12.6. The first-order valence-electron chi connectivity index (χ1n) is 2.79. The highest BCUT2D eigenvalue weighted by molar-refractivity contribution is 5.93. The van der Waals surface area contributed by atoms with Crippen molar-refractivity contribution in [3.63, 3.8) is 0 Å². The molecule has 0 saturated heterocycles. The Kier molecular flexibility index (Phi) is 2.12. The first kappa shape index (κ1) is 7.62. The van der Waals surface area contributed by atoms with Gasteiger partial charge in [0.05, 0.1) is 11.8 Å². The minimum absolute atomic E-state index is 0.234. The molecule has 1 aromatic rings. The molecule has 0 saturated carbocycles. The molecule has 4 nitrogen and oxygen atoms in total. The minimum Gasteiger partial charge on any atom is -0.288 e. The average Bonchev–Trinajstić information content (AvgIpc) is 2.04. The van der Waals surface area contributed by atoms with Crippen LogP contribution in [0.25, 0.3) is 0 Å². The lowest BCUT2D eigenvalue weighted by molar-refractivity contribution is 0.0701. The van der Waals surface area contributed by atoms with Crippen LogP contribution in [0.15, 0.2) is 18.5 Å². The molecule has 0 aliphatic rings. The molecule has 0 fully saturated rings. The Balaban J connectivity index is 3.03. The molecule has 1 heterocycles. The molecule has 2 N–H and O–H groups in total. The predicted octanol–water partition coefficient (Wildman–Crippen LogP) is 0.340. The van der Waals surface area contributed by atoms with Crippen LogP contribution in [-0.4, -0.2) is 16.1 Å². The van der Waals surface area contributed by atoms with Crippen molar-refractivity contribution in [1.29, 1.82) is 0 Å². The van der Waals surface area contributed by atoms with E-state index in [1.807, 2.05) is 0 Å². The van der Waals surface area contributed by atoms with Gasteiger partial charge in [-0.2, -0.15) is 0 Å². The van der Waals surface area contributed by atoms with Crippen molar-refractivity contribution < 1.29 is 14.4 Å². The minimum atomic E-state index is -0.884. The van der Waals surface area contributed by atoms with Crippen LogP contribution < -0.4 is 5.48 Å². The topological polar surface area (TPSA) is 62.2 Å². The number of aromatic nitrogens is 1. The van der Waals surface area contributed by atoms with E-state index in [1.54, 1.807) is 0 Å². The second-order valence-electron chi connectivity index (χ2n) is 1.80. The van der Waals surface area contributed by atoms with E-state index >= 15 is 0 Å². The van der Waals surface area contributed by atoms with Gasteiger partial charge in [-0.05, 0) is 6.07 Å². The maximum absolute atomic E-state index is 12.6. The number of carbonyl (C=O) groups is 1. The fourth-order valence-corrected chi connectivity index (χ4v) is 0.620. The number of halogens is 1. The van der Waals surface area contributed by atoms with Crippen LogP contribution >= 0.6 is 0 Å². The zero-order valence-corrected chi connectivity index (χ0v) is 5.41. The van der Waals surface area contributed by atoms with Crippen LogP contribution in [0.3, 0.4) is 0 Å². The second kappa shape index (κ2) is 3.07. The Morgan fingerprint density at radius 3 is 3.00 bits per heavy atom. The number of nitrogens with one attached hydrogen (secondary N) is 1. The summed E-state index contributed by atoms with van der Waals surface area (Å²) in [7, 11) is 0. The van der Waals surface area contributed by atoms with Crippen molar-refractivity contribution in [3.8, 4) is 0 Å². The van der Waals surface area contributed by atoms with Crippen LogP contribution in [0.5, 0.6) is 0 Å². The first-order chi connectivity index (χ1) is 5.25. The lowest BCUT2D eigenvalue weighted by Gasteiger charge is -1.97. The van der Waals surface area contributed by atoms with Crippen molar-refractivity contribution in [1.82, 2.24) is 10.5 Å². The molecule has 0 aliphatic heterocycles. The second-order valence-corrected chi connectivity index (χ2v) is 1.80. The summed E-state index contributed by atoms with van der Waals surface area (Å²) in [4.78, 5) is 14.0.